The van der Waals surface area contributed by atoms with E-state index in [1.165, 1.54) is 6.07 Å². The van der Waals surface area contributed by atoms with Crippen molar-refractivity contribution in [3.05, 3.63) is 46.5 Å². The van der Waals surface area contributed by atoms with Crippen LogP contribution in [0.25, 0.3) is 0 Å². The van der Waals surface area contributed by atoms with Crippen molar-refractivity contribution in [1.29, 1.82) is 0 Å². The van der Waals surface area contributed by atoms with Gasteiger partial charge in [0.05, 0.1) is 29.3 Å². The van der Waals surface area contributed by atoms with Crippen LogP contribution in [0.3, 0.4) is 0 Å². The van der Waals surface area contributed by atoms with Gasteiger partial charge in [-0.1, -0.05) is 28.9 Å². The molecule has 0 aliphatic rings. The molecule has 0 fully saturated rings. The van der Waals surface area contributed by atoms with Crippen molar-refractivity contribution in [2.75, 3.05) is 0 Å². The molecular formula is C10H8Cl2FN3. The topological polar surface area (TPSA) is 30.7 Å². The first-order valence-electron chi connectivity index (χ1n) is 4.58. The minimum atomic E-state index is -0.433. The van der Waals surface area contributed by atoms with Crippen molar-refractivity contribution in [2.45, 2.75) is 12.4 Å². The molecule has 1 aromatic heterocycles. The Kier molecular flexibility index (Phi) is 3.41. The number of hydrogen-bond donors (Lipinski definition) is 0. The molecule has 0 N–H and O–H groups in total. The summed E-state index contributed by atoms with van der Waals surface area (Å²) in [5, 5.41) is 7.80. The lowest BCUT2D eigenvalue weighted by molar-refractivity contribution is 0.614. The summed E-state index contributed by atoms with van der Waals surface area (Å²) < 4.78 is 14.7. The van der Waals surface area contributed by atoms with Crippen LogP contribution in [0.1, 0.15) is 11.3 Å². The van der Waals surface area contributed by atoms with E-state index in [9.17, 15) is 4.39 Å². The number of benzene rings is 1. The Morgan fingerprint density at radius 3 is 2.88 bits per heavy atom. The third-order valence-corrected chi connectivity index (χ3v) is 2.78. The number of rotatable bonds is 3. The Labute approximate surface area is 102 Å². The maximum Gasteiger partial charge on any atom is 0.142 e. The lowest BCUT2D eigenvalue weighted by atomic mass is 10.2. The molecule has 0 atom stereocenters. The molecule has 0 unspecified atom stereocenters. The van der Waals surface area contributed by atoms with Crippen LogP contribution in [0.5, 0.6) is 0 Å². The first-order chi connectivity index (χ1) is 7.70. The molecule has 1 heterocycles. The molecule has 0 radical (unpaired) electrons. The van der Waals surface area contributed by atoms with Crippen LogP contribution in [0.2, 0.25) is 5.02 Å². The van der Waals surface area contributed by atoms with E-state index in [1.54, 1.807) is 23.0 Å². The van der Waals surface area contributed by atoms with Crippen molar-refractivity contribution < 1.29 is 4.39 Å². The second-order valence-corrected chi connectivity index (χ2v) is 3.90. The van der Waals surface area contributed by atoms with Crippen LogP contribution < -0.4 is 0 Å². The minimum Gasteiger partial charge on any atom is -0.248 e. The molecule has 1 aromatic carbocycles. The monoisotopic (exact) mass is 259 g/mol. The van der Waals surface area contributed by atoms with Gasteiger partial charge in [0.25, 0.3) is 0 Å². The molecule has 2 aromatic rings. The van der Waals surface area contributed by atoms with E-state index >= 15 is 0 Å². The number of hydrogen-bond acceptors (Lipinski definition) is 2. The summed E-state index contributed by atoms with van der Waals surface area (Å²) in [5.74, 6) is -0.131. The van der Waals surface area contributed by atoms with Crippen LogP contribution >= 0.6 is 23.2 Å². The van der Waals surface area contributed by atoms with Crippen molar-refractivity contribution >= 4 is 23.2 Å². The van der Waals surface area contributed by atoms with Crippen LogP contribution in [-0.2, 0) is 12.4 Å². The van der Waals surface area contributed by atoms with Gasteiger partial charge in [-0.25, -0.2) is 9.07 Å². The largest absolute Gasteiger partial charge is 0.248 e. The average Bonchev–Trinajstić information content (AvgIpc) is 2.73. The summed E-state index contributed by atoms with van der Waals surface area (Å²) in [4.78, 5) is 0. The van der Waals surface area contributed by atoms with Gasteiger partial charge < -0.3 is 0 Å². The molecule has 0 spiro atoms. The van der Waals surface area contributed by atoms with Gasteiger partial charge in [-0.2, -0.15) is 0 Å². The molecule has 2 rings (SSSR count). The van der Waals surface area contributed by atoms with E-state index in [2.05, 4.69) is 10.3 Å². The Balaban J connectivity index is 2.23. The van der Waals surface area contributed by atoms with Crippen molar-refractivity contribution in [3.63, 3.8) is 0 Å². The second kappa shape index (κ2) is 4.80. The first-order valence-corrected chi connectivity index (χ1v) is 5.50. The SMILES string of the molecule is Fc1cccc(Cn2cc(CCl)nn2)c1Cl. The molecule has 0 saturated carbocycles. The highest BCUT2D eigenvalue weighted by Crippen LogP contribution is 2.20. The molecule has 16 heavy (non-hydrogen) atoms. The van der Waals surface area contributed by atoms with Crippen LogP contribution in [-0.4, -0.2) is 15.0 Å². The summed E-state index contributed by atoms with van der Waals surface area (Å²) in [6.07, 6.45) is 1.70. The number of alkyl halides is 1. The summed E-state index contributed by atoms with van der Waals surface area (Å²) >= 11 is 11.4. The molecular weight excluding hydrogens is 252 g/mol. The third kappa shape index (κ3) is 2.33. The number of halogens is 3. The highest BCUT2D eigenvalue weighted by atomic mass is 35.5. The summed E-state index contributed by atoms with van der Waals surface area (Å²) in [5.41, 5.74) is 1.34. The number of nitrogens with zero attached hydrogens (tertiary/aromatic N) is 3. The van der Waals surface area contributed by atoms with Crippen molar-refractivity contribution in [2.24, 2.45) is 0 Å². The Bertz CT molecular complexity index is 499. The molecule has 0 amide bonds. The Morgan fingerprint density at radius 2 is 2.19 bits per heavy atom. The highest BCUT2D eigenvalue weighted by molar-refractivity contribution is 6.31. The van der Waals surface area contributed by atoms with Gasteiger partial charge in [-0.05, 0) is 11.6 Å². The average molecular weight is 260 g/mol. The Morgan fingerprint density at radius 1 is 1.38 bits per heavy atom. The summed E-state index contributed by atoms with van der Waals surface area (Å²) in [7, 11) is 0. The third-order valence-electron chi connectivity index (χ3n) is 2.09. The highest BCUT2D eigenvalue weighted by Gasteiger charge is 2.07. The summed E-state index contributed by atoms with van der Waals surface area (Å²) in [6.45, 7) is 0.375. The van der Waals surface area contributed by atoms with Gasteiger partial charge in [-0.3, -0.25) is 0 Å². The zero-order valence-electron chi connectivity index (χ0n) is 8.20. The van der Waals surface area contributed by atoms with E-state index in [-0.39, 0.29) is 5.02 Å². The fraction of sp³-hybridized carbons (Fsp3) is 0.200. The van der Waals surface area contributed by atoms with Gasteiger partial charge in [0.15, 0.2) is 0 Å². The summed E-state index contributed by atoms with van der Waals surface area (Å²) in [6, 6.07) is 4.67. The molecule has 0 aliphatic heterocycles. The standard InChI is InChI=1S/C10H8Cl2FN3/c11-4-8-6-16(15-14-8)5-7-2-1-3-9(13)10(7)12/h1-3,6H,4-5H2. The second-order valence-electron chi connectivity index (χ2n) is 3.25. The van der Waals surface area contributed by atoms with E-state index in [4.69, 9.17) is 23.2 Å². The van der Waals surface area contributed by atoms with Gasteiger partial charge in [0, 0.05) is 0 Å². The van der Waals surface area contributed by atoms with Gasteiger partial charge >= 0.3 is 0 Å². The van der Waals surface area contributed by atoms with Crippen molar-refractivity contribution in [1.82, 2.24) is 15.0 Å². The van der Waals surface area contributed by atoms with E-state index in [0.29, 0.717) is 23.7 Å². The first kappa shape index (κ1) is 11.4. The minimum absolute atomic E-state index is 0.116. The molecule has 84 valence electrons. The smallest absolute Gasteiger partial charge is 0.142 e. The van der Waals surface area contributed by atoms with Crippen LogP contribution in [0, 0.1) is 5.82 Å². The lowest BCUT2D eigenvalue weighted by Crippen LogP contribution is -2.01. The van der Waals surface area contributed by atoms with E-state index in [0.717, 1.165) is 0 Å². The predicted octanol–water partition coefficient (Wildman–Crippen LogP) is 2.86. The van der Waals surface area contributed by atoms with E-state index in [1.807, 2.05) is 0 Å². The van der Waals surface area contributed by atoms with Crippen LogP contribution in [0.4, 0.5) is 4.39 Å². The van der Waals surface area contributed by atoms with E-state index < -0.39 is 5.82 Å². The van der Waals surface area contributed by atoms with Crippen molar-refractivity contribution in [3.8, 4) is 0 Å². The maximum atomic E-state index is 13.2. The zero-order valence-corrected chi connectivity index (χ0v) is 9.71. The number of aromatic nitrogens is 3. The van der Waals surface area contributed by atoms with Gasteiger partial charge in [0.1, 0.15) is 5.82 Å². The maximum absolute atomic E-state index is 13.2. The normalized spacial score (nSPS) is 10.7. The molecule has 0 saturated heterocycles. The fourth-order valence-corrected chi connectivity index (χ4v) is 1.63. The molecule has 3 nitrogen and oxygen atoms in total. The van der Waals surface area contributed by atoms with Crippen LogP contribution in [0.15, 0.2) is 24.4 Å². The quantitative estimate of drug-likeness (QED) is 0.794. The van der Waals surface area contributed by atoms with Gasteiger partial charge in [-0.15, -0.1) is 16.7 Å². The predicted molar refractivity (Wildman–Crippen MR) is 60.1 cm³/mol. The fourth-order valence-electron chi connectivity index (χ4n) is 1.32. The Hall–Kier alpha value is -1.13. The zero-order chi connectivity index (χ0) is 11.5. The molecule has 0 aliphatic carbocycles. The molecule has 6 heteroatoms. The molecule has 0 bridgehead atoms. The van der Waals surface area contributed by atoms with Gasteiger partial charge in [0.2, 0.25) is 0 Å². The lowest BCUT2D eigenvalue weighted by Gasteiger charge is -2.03.